The molecule has 0 aromatic heterocycles. The Morgan fingerprint density at radius 1 is 0.900 bits per heavy atom. The molecular weight excluding hydrogens is 244 g/mol. The molecule has 1 aliphatic carbocycles. The Morgan fingerprint density at radius 3 is 2.15 bits per heavy atom. The van der Waals surface area contributed by atoms with Crippen molar-refractivity contribution in [3.63, 3.8) is 0 Å². The van der Waals surface area contributed by atoms with Crippen LogP contribution in [0.1, 0.15) is 29.9 Å². The Balaban J connectivity index is 1.91. The maximum absolute atomic E-state index is 11.9. The summed E-state index contributed by atoms with van der Waals surface area (Å²) in [7, 11) is 0. The Labute approximate surface area is 120 Å². The fourth-order valence-electron chi connectivity index (χ4n) is 3.14. The van der Waals surface area contributed by atoms with Crippen molar-refractivity contribution in [1.29, 1.82) is 0 Å². The largest absolute Gasteiger partial charge is 0.300 e. The maximum Gasteiger partial charge on any atom is 0.134 e. The predicted octanol–water partition coefficient (Wildman–Crippen LogP) is 4.46. The summed E-state index contributed by atoms with van der Waals surface area (Å²) in [5, 5.41) is 0. The number of hydrogen-bond acceptors (Lipinski definition) is 1. The average Bonchev–Trinajstić information content (AvgIpc) is 2.90. The predicted molar refractivity (Wildman–Crippen MR) is 82.4 cm³/mol. The molecule has 0 radical (unpaired) electrons. The minimum Gasteiger partial charge on any atom is -0.300 e. The van der Waals surface area contributed by atoms with Crippen LogP contribution >= 0.6 is 0 Å². The van der Waals surface area contributed by atoms with E-state index in [4.69, 9.17) is 0 Å². The quantitative estimate of drug-likeness (QED) is 0.798. The van der Waals surface area contributed by atoms with E-state index in [2.05, 4.69) is 30.8 Å². The molecule has 0 heterocycles. The van der Waals surface area contributed by atoms with Crippen molar-refractivity contribution in [3.05, 3.63) is 78.4 Å². The first-order valence-electron chi connectivity index (χ1n) is 7.06. The molecule has 0 saturated heterocycles. The summed E-state index contributed by atoms with van der Waals surface area (Å²) >= 11 is 0. The summed E-state index contributed by atoms with van der Waals surface area (Å²) in [5.41, 5.74) is 3.49. The van der Waals surface area contributed by atoms with Crippen LogP contribution in [0.5, 0.6) is 0 Å². The van der Waals surface area contributed by atoms with E-state index in [-0.39, 0.29) is 11.8 Å². The van der Waals surface area contributed by atoms with Crippen LogP contribution in [0.4, 0.5) is 0 Å². The van der Waals surface area contributed by atoms with E-state index in [9.17, 15) is 4.79 Å². The first-order valence-corrected chi connectivity index (χ1v) is 7.06. The molecule has 1 aliphatic rings. The smallest absolute Gasteiger partial charge is 0.134 e. The summed E-state index contributed by atoms with van der Waals surface area (Å²) in [6, 6.07) is 20.5. The Morgan fingerprint density at radius 2 is 1.50 bits per heavy atom. The van der Waals surface area contributed by atoms with Gasteiger partial charge in [0.25, 0.3) is 0 Å². The first kappa shape index (κ1) is 12.9. The van der Waals surface area contributed by atoms with Crippen molar-refractivity contribution in [1.82, 2.24) is 0 Å². The van der Waals surface area contributed by atoms with Gasteiger partial charge in [-0.3, -0.25) is 4.79 Å². The lowest BCUT2D eigenvalue weighted by Gasteiger charge is -2.21. The van der Waals surface area contributed by atoms with Crippen molar-refractivity contribution in [2.45, 2.75) is 18.8 Å². The van der Waals surface area contributed by atoms with Gasteiger partial charge in [-0.1, -0.05) is 67.2 Å². The zero-order valence-electron chi connectivity index (χ0n) is 11.5. The second-order valence-electron chi connectivity index (χ2n) is 5.46. The molecule has 2 aromatic carbocycles. The van der Waals surface area contributed by atoms with Crippen molar-refractivity contribution < 1.29 is 4.79 Å². The lowest BCUT2D eigenvalue weighted by atomic mass is 9.82. The van der Waals surface area contributed by atoms with E-state index in [1.165, 1.54) is 5.56 Å². The SMILES string of the molecule is C=C(c1ccccc1)[C@H]1CC(=O)C[C@H]1c1ccccc1. The van der Waals surface area contributed by atoms with Gasteiger partial charge in [-0.2, -0.15) is 0 Å². The summed E-state index contributed by atoms with van der Waals surface area (Å²) in [6.45, 7) is 4.26. The lowest BCUT2D eigenvalue weighted by Crippen LogP contribution is -2.08. The maximum atomic E-state index is 11.9. The number of Topliss-reactive ketones (excluding diaryl/α,β-unsaturated/α-hetero) is 1. The molecule has 100 valence electrons. The Bertz CT molecular complexity index is 613. The molecule has 2 atom stereocenters. The number of ketones is 1. The summed E-state index contributed by atoms with van der Waals surface area (Å²) in [4.78, 5) is 11.9. The Kier molecular flexibility index (Phi) is 3.51. The Hall–Kier alpha value is -2.15. The molecule has 20 heavy (non-hydrogen) atoms. The summed E-state index contributed by atoms with van der Waals surface area (Å²) in [6.07, 6.45) is 1.26. The summed E-state index contributed by atoms with van der Waals surface area (Å²) < 4.78 is 0. The highest BCUT2D eigenvalue weighted by Gasteiger charge is 2.35. The number of allylic oxidation sites excluding steroid dienone is 1. The van der Waals surface area contributed by atoms with Crippen LogP contribution in [0.3, 0.4) is 0 Å². The van der Waals surface area contributed by atoms with Crippen molar-refractivity contribution in [2.75, 3.05) is 0 Å². The molecule has 0 aliphatic heterocycles. The zero-order valence-corrected chi connectivity index (χ0v) is 11.5. The highest BCUT2D eigenvalue weighted by Crippen LogP contribution is 2.44. The third-order valence-electron chi connectivity index (χ3n) is 4.20. The van der Waals surface area contributed by atoms with Gasteiger partial charge >= 0.3 is 0 Å². The first-order chi connectivity index (χ1) is 9.75. The lowest BCUT2D eigenvalue weighted by molar-refractivity contribution is -0.117. The number of carbonyl (C=O) groups excluding carboxylic acids is 1. The van der Waals surface area contributed by atoms with E-state index >= 15 is 0 Å². The minimum absolute atomic E-state index is 0.229. The van der Waals surface area contributed by atoms with Gasteiger partial charge in [-0.25, -0.2) is 0 Å². The number of carbonyl (C=O) groups is 1. The van der Waals surface area contributed by atoms with E-state index in [1.54, 1.807) is 0 Å². The van der Waals surface area contributed by atoms with Gasteiger partial charge in [-0.15, -0.1) is 0 Å². The normalized spacial score (nSPS) is 21.9. The third kappa shape index (κ3) is 2.44. The molecule has 1 heteroatoms. The molecule has 0 spiro atoms. The molecule has 3 rings (SSSR count). The van der Waals surface area contributed by atoms with Crippen LogP contribution in [0.15, 0.2) is 67.2 Å². The molecule has 0 bridgehead atoms. The van der Waals surface area contributed by atoms with Crippen molar-refractivity contribution in [2.24, 2.45) is 5.92 Å². The zero-order chi connectivity index (χ0) is 13.9. The van der Waals surface area contributed by atoms with E-state index in [1.807, 2.05) is 36.4 Å². The number of rotatable bonds is 3. The van der Waals surface area contributed by atoms with Gasteiger partial charge in [0.15, 0.2) is 0 Å². The monoisotopic (exact) mass is 262 g/mol. The number of hydrogen-bond donors (Lipinski definition) is 0. The van der Waals surface area contributed by atoms with Gasteiger partial charge in [-0.05, 0) is 28.5 Å². The van der Waals surface area contributed by atoms with Gasteiger partial charge in [0.2, 0.25) is 0 Å². The number of benzene rings is 2. The molecule has 1 saturated carbocycles. The van der Waals surface area contributed by atoms with Crippen molar-refractivity contribution >= 4 is 11.4 Å². The topological polar surface area (TPSA) is 17.1 Å². The second-order valence-corrected chi connectivity index (χ2v) is 5.46. The third-order valence-corrected chi connectivity index (χ3v) is 4.20. The van der Waals surface area contributed by atoms with Crippen LogP contribution < -0.4 is 0 Å². The van der Waals surface area contributed by atoms with Crippen LogP contribution in [-0.2, 0) is 4.79 Å². The highest BCUT2D eigenvalue weighted by atomic mass is 16.1. The van der Waals surface area contributed by atoms with Gasteiger partial charge in [0, 0.05) is 12.8 Å². The molecule has 0 N–H and O–H groups in total. The van der Waals surface area contributed by atoms with Gasteiger partial charge in [0.05, 0.1) is 0 Å². The second kappa shape index (κ2) is 5.46. The average molecular weight is 262 g/mol. The molecule has 0 unspecified atom stereocenters. The van der Waals surface area contributed by atoms with Crippen LogP contribution in [0, 0.1) is 5.92 Å². The fraction of sp³-hybridized carbons (Fsp3) is 0.211. The van der Waals surface area contributed by atoms with Crippen LogP contribution in [0.25, 0.3) is 5.57 Å². The van der Waals surface area contributed by atoms with Crippen LogP contribution in [-0.4, -0.2) is 5.78 Å². The van der Waals surface area contributed by atoms with Gasteiger partial charge in [0.1, 0.15) is 5.78 Å². The minimum atomic E-state index is 0.229. The summed E-state index contributed by atoms with van der Waals surface area (Å²) in [5.74, 6) is 0.852. The van der Waals surface area contributed by atoms with Crippen LogP contribution in [0.2, 0.25) is 0 Å². The van der Waals surface area contributed by atoms with Gasteiger partial charge < -0.3 is 0 Å². The standard InChI is InChI=1S/C19H18O/c1-14(15-8-4-2-5-9-15)18-12-17(20)13-19(18)16-10-6-3-7-11-16/h2-11,18-19H,1,12-13H2/t18-,19+/m1/s1. The van der Waals surface area contributed by atoms with E-state index < -0.39 is 0 Å². The van der Waals surface area contributed by atoms with Crippen molar-refractivity contribution in [3.8, 4) is 0 Å². The molecule has 0 amide bonds. The van der Waals surface area contributed by atoms with E-state index in [0.717, 1.165) is 11.1 Å². The fourth-order valence-corrected chi connectivity index (χ4v) is 3.14. The molecule has 2 aromatic rings. The molecule has 1 nitrogen and oxygen atoms in total. The van der Waals surface area contributed by atoms with E-state index in [0.29, 0.717) is 18.6 Å². The molecule has 1 fully saturated rings. The molecular formula is C19H18O. The highest BCUT2D eigenvalue weighted by molar-refractivity contribution is 5.86.